The molecule has 1 aromatic rings. The van der Waals surface area contributed by atoms with Gasteiger partial charge in [0.25, 0.3) is 5.91 Å². The van der Waals surface area contributed by atoms with E-state index < -0.39 is 0 Å². The van der Waals surface area contributed by atoms with Gasteiger partial charge in [-0.15, -0.1) is 0 Å². The highest BCUT2D eigenvalue weighted by atomic mass is 16.5. The number of methoxy groups -OCH3 is 1. The van der Waals surface area contributed by atoms with E-state index in [1.807, 2.05) is 32.9 Å². The van der Waals surface area contributed by atoms with Crippen molar-refractivity contribution in [2.24, 2.45) is 0 Å². The molecular formula is C14H22N2O2. The molecule has 18 heavy (non-hydrogen) atoms. The first-order valence-corrected chi connectivity index (χ1v) is 6.16. The van der Waals surface area contributed by atoms with Gasteiger partial charge in [-0.25, -0.2) is 0 Å². The Balaban J connectivity index is 2.96. The Labute approximate surface area is 109 Å². The van der Waals surface area contributed by atoms with Gasteiger partial charge < -0.3 is 15.4 Å². The second kappa shape index (κ2) is 6.40. The second-order valence-corrected chi connectivity index (χ2v) is 4.53. The maximum Gasteiger partial charge on any atom is 0.254 e. The van der Waals surface area contributed by atoms with Gasteiger partial charge in [0.2, 0.25) is 0 Å². The van der Waals surface area contributed by atoms with Crippen molar-refractivity contribution in [3.63, 3.8) is 0 Å². The molecule has 0 heterocycles. The summed E-state index contributed by atoms with van der Waals surface area (Å²) in [7, 11) is 1.64. The Kier molecular flexibility index (Phi) is 5.16. The lowest BCUT2D eigenvalue weighted by Gasteiger charge is -2.27. The zero-order valence-electron chi connectivity index (χ0n) is 11.6. The maximum atomic E-state index is 12.4. The molecule has 1 unspecified atom stereocenters. The monoisotopic (exact) mass is 250 g/mol. The first kappa shape index (κ1) is 14.5. The van der Waals surface area contributed by atoms with E-state index in [0.29, 0.717) is 24.4 Å². The second-order valence-electron chi connectivity index (χ2n) is 4.53. The molecule has 0 fully saturated rings. The zero-order chi connectivity index (χ0) is 13.7. The highest BCUT2D eigenvalue weighted by Crippen LogP contribution is 2.15. The predicted octanol–water partition coefficient (Wildman–Crippen LogP) is 2.07. The van der Waals surface area contributed by atoms with Crippen molar-refractivity contribution in [1.82, 2.24) is 4.90 Å². The number of amides is 1. The summed E-state index contributed by atoms with van der Waals surface area (Å²) in [5.74, 6) is -0.00236. The standard InChI is InChI=1S/C14H22N2O2/c1-5-16(11(3)9-18-4)14(17)12-6-10(2)7-13(15)8-12/h6-8,11H,5,9,15H2,1-4H3. The topological polar surface area (TPSA) is 55.6 Å². The summed E-state index contributed by atoms with van der Waals surface area (Å²) in [4.78, 5) is 14.2. The van der Waals surface area contributed by atoms with E-state index in [1.54, 1.807) is 18.1 Å². The molecule has 1 rings (SSSR count). The van der Waals surface area contributed by atoms with Crippen LogP contribution < -0.4 is 5.73 Å². The molecule has 4 nitrogen and oxygen atoms in total. The predicted molar refractivity (Wildman–Crippen MR) is 73.6 cm³/mol. The summed E-state index contributed by atoms with van der Waals surface area (Å²) in [5, 5.41) is 0. The first-order chi connectivity index (χ1) is 8.49. The molecule has 100 valence electrons. The molecule has 0 aliphatic heterocycles. The summed E-state index contributed by atoms with van der Waals surface area (Å²) in [6.45, 7) is 7.05. The van der Waals surface area contributed by atoms with E-state index in [9.17, 15) is 4.79 Å². The summed E-state index contributed by atoms with van der Waals surface area (Å²) >= 11 is 0. The Bertz CT molecular complexity index is 398. The van der Waals surface area contributed by atoms with Gasteiger partial charge in [-0.2, -0.15) is 0 Å². The van der Waals surface area contributed by atoms with Gasteiger partial charge in [0.15, 0.2) is 0 Å². The normalized spacial score (nSPS) is 12.2. The van der Waals surface area contributed by atoms with Crippen molar-refractivity contribution >= 4 is 11.6 Å². The summed E-state index contributed by atoms with van der Waals surface area (Å²) in [6.07, 6.45) is 0. The fraction of sp³-hybridized carbons (Fsp3) is 0.500. The molecule has 0 aliphatic carbocycles. The SMILES string of the molecule is CCN(C(=O)c1cc(C)cc(N)c1)C(C)COC. The number of rotatable bonds is 5. The van der Waals surface area contributed by atoms with Crippen LogP contribution in [-0.2, 0) is 4.74 Å². The maximum absolute atomic E-state index is 12.4. The number of likely N-dealkylation sites (N-methyl/N-ethyl adjacent to an activating group) is 1. The zero-order valence-corrected chi connectivity index (χ0v) is 11.6. The Morgan fingerprint density at radius 2 is 2.11 bits per heavy atom. The van der Waals surface area contributed by atoms with Gasteiger partial charge in [-0.05, 0) is 44.5 Å². The summed E-state index contributed by atoms with van der Waals surface area (Å²) < 4.78 is 5.10. The van der Waals surface area contributed by atoms with Crippen LogP contribution in [0.1, 0.15) is 29.8 Å². The number of benzene rings is 1. The lowest BCUT2D eigenvalue weighted by atomic mass is 10.1. The number of nitrogens with zero attached hydrogens (tertiary/aromatic N) is 1. The molecule has 1 amide bonds. The number of aryl methyl sites for hydroxylation is 1. The molecule has 0 aliphatic rings. The Morgan fingerprint density at radius 3 is 2.61 bits per heavy atom. The number of ether oxygens (including phenoxy) is 1. The molecule has 4 heteroatoms. The number of hydrogen-bond acceptors (Lipinski definition) is 3. The highest BCUT2D eigenvalue weighted by Gasteiger charge is 2.20. The highest BCUT2D eigenvalue weighted by molar-refractivity contribution is 5.95. The first-order valence-electron chi connectivity index (χ1n) is 6.16. The minimum Gasteiger partial charge on any atom is -0.399 e. The van der Waals surface area contributed by atoms with Gasteiger partial charge in [0.1, 0.15) is 0 Å². The van der Waals surface area contributed by atoms with E-state index in [1.165, 1.54) is 0 Å². The third kappa shape index (κ3) is 3.47. The van der Waals surface area contributed by atoms with E-state index in [2.05, 4.69) is 0 Å². The van der Waals surface area contributed by atoms with Crippen LogP contribution in [-0.4, -0.2) is 37.1 Å². The average Bonchev–Trinajstić information content (AvgIpc) is 2.28. The number of anilines is 1. The third-order valence-corrected chi connectivity index (χ3v) is 2.89. The van der Waals surface area contributed by atoms with Gasteiger partial charge in [0.05, 0.1) is 12.6 Å². The number of nitrogen functional groups attached to an aromatic ring is 1. The van der Waals surface area contributed by atoms with Crippen LogP contribution in [0.25, 0.3) is 0 Å². The van der Waals surface area contributed by atoms with Crippen LogP contribution in [0.15, 0.2) is 18.2 Å². The van der Waals surface area contributed by atoms with Crippen LogP contribution >= 0.6 is 0 Å². The molecule has 0 aromatic heterocycles. The number of nitrogens with two attached hydrogens (primary N) is 1. The summed E-state index contributed by atoms with van der Waals surface area (Å²) in [5.41, 5.74) is 8.03. The minimum atomic E-state index is -0.00236. The van der Waals surface area contributed by atoms with E-state index in [-0.39, 0.29) is 11.9 Å². The molecule has 0 bridgehead atoms. The van der Waals surface area contributed by atoms with Crippen LogP contribution in [0.3, 0.4) is 0 Å². The molecule has 0 spiro atoms. The van der Waals surface area contributed by atoms with Crippen molar-refractivity contribution in [2.75, 3.05) is 26.0 Å². The smallest absolute Gasteiger partial charge is 0.254 e. The molecule has 0 saturated heterocycles. The van der Waals surface area contributed by atoms with Crippen molar-refractivity contribution in [2.45, 2.75) is 26.8 Å². The molecule has 1 atom stereocenters. The number of carbonyl (C=O) groups excluding carboxylic acids is 1. The minimum absolute atomic E-state index is 0.00236. The van der Waals surface area contributed by atoms with Crippen molar-refractivity contribution in [1.29, 1.82) is 0 Å². The number of hydrogen-bond donors (Lipinski definition) is 1. The lowest BCUT2D eigenvalue weighted by Crippen LogP contribution is -2.41. The fourth-order valence-electron chi connectivity index (χ4n) is 2.09. The fourth-order valence-corrected chi connectivity index (χ4v) is 2.09. The van der Waals surface area contributed by atoms with Gasteiger partial charge >= 0.3 is 0 Å². The van der Waals surface area contributed by atoms with Gasteiger partial charge in [-0.3, -0.25) is 4.79 Å². The van der Waals surface area contributed by atoms with Crippen LogP contribution in [0.4, 0.5) is 5.69 Å². The Hall–Kier alpha value is -1.55. The van der Waals surface area contributed by atoms with Crippen molar-refractivity contribution < 1.29 is 9.53 Å². The van der Waals surface area contributed by atoms with E-state index in [0.717, 1.165) is 5.56 Å². The van der Waals surface area contributed by atoms with E-state index >= 15 is 0 Å². The van der Waals surface area contributed by atoms with Crippen molar-refractivity contribution in [3.8, 4) is 0 Å². The molecule has 0 saturated carbocycles. The molecule has 0 radical (unpaired) electrons. The van der Waals surface area contributed by atoms with E-state index in [4.69, 9.17) is 10.5 Å². The van der Waals surface area contributed by atoms with Crippen LogP contribution in [0, 0.1) is 6.92 Å². The lowest BCUT2D eigenvalue weighted by molar-refractivity contribution is 0.0579. The average molecular weight is 250 g/mol. The molecular weight excluding hydrogens is 228 g/mol. The third-order valence-electron chi connectivity index (χ3n) is 2.89. The largest absolute Gasteiger partial charge is 0.399 e. The number of carbonyl (C=O) groups is 1. The quantitative estimate of drug-likeness (QED) is 0.814. The van der Waals surface area contributed by atoms with Gasteiger partial charge in [0, 0.05) is 24.9 Å². The Morgan fingerprint density at radius 1 is 1.44 bits per heavy atom. The van der Waals surface area contributed by atoms with Gasteiger partial charge in [-0.1, -0.05) is 0 Å². The van der Waals surface area contributed by atoms with Crippen LogP contribution in [0.5, 0.6) is 0 Å². The molecule has 2 N–H and O–H groups in total. The van der Waals surface area contributed by atoms with Crippen LogP contribution in [0.2, 0.25) is 0 Å². The van der Waals surface area contributed by atoms with Crippen molar-refractivity contribution in [3.05, 3.63) is 29.3 Å². The molecule has 1 aromatic carbocycles. The summed E-state index contributed by atoms with van der Waals surface area (Å²) in [6, 6.07) is 5.48.